The molecule has 0 aliphatic carbocycles. The molecule has 25 heavy (non-hydrogen) atoms. The number of piperidine rings is 1. The van der Waals surface area contributed by atoms with Gasteiger partial charge in [-0.3, -0.25) is 4.79 Å². The van der Waals surface area contributed by atoms with E-state index >= 15 is 0 Å². The molecule has 0 unspecified atom stereocenters. The van der Waals surface area contributed by atoms with Crippen molar-refractivity contribution in [3.05, 3.63) is 35.8 Å². The Hall–Kier alpha value is -1.93. The quantitative estimate of drug-likeness (QED) is 0.873. The highest BCUT2D eigenvalue weighted by molar-refractivity contribution is 7.88. The highest BCUT2D eigenvalue weighted by Crippen LogP contribution is 2.21. The number of sulfonamides is 1. The molecule has 0 saturated carbocycles. The van der Waals surface area contributed by atoms with Crippen LogP contribution in [0.15, 0.2) is 24.5 Å². The molecule has 0 radical (unpaired) electrons. The van der Waals surface area contributed by atoms with E-state index in [-0.39, 0.29) is 11.9 Å². The van der Waals surface area contributed by atoms with Gasteiger partial charge in [0.25, 0.3) is 5.91 Å². The van der Waals surface area contributed by atoms with E-state index in [0.29, 0.717) is 25.2 Å². The zero-order valence-corrected chi connectivity index (χ0v) is 15.4. The first-order chi connectivity index (χ1) is 11.8. The monoisotopic (exact) mass is 364 g/mol. The Kier molecular flexibility index (Phi) is 5.10. The third-order valence-corrected chi connectivity index (χ3v) is 5.93. The molecule has 7 nitrogen and oxygen atoms in total. The third-order valence-electron chi connectivity index (χ3n) is 4.59. The number of imidazole rings is 1. The van der Waals surface area contributed by atoms with Crippen LogP contribution in [0, 0.1) is 6.92 Å². The van der Waals surface area contributed by atoms with Gasteiger partial charge in [-0.15, -0.1) is 0 Å². The van der Waals surface area contributed by atoms with Crippen LogP contribution in [0.25, 0.3) is 5.65 Å². The lowest BCUT2D eigenvalue weighted by Gasteiger charge is -2.33. The lowest BCUT2D eigenvalue weighted by atomic mass is 10.0. The van der Waals surface area contributed by atoms with Crippen molar-refractivity contribution >= 4 is 21.6 Å². The van der Waals surface area contributed by atoms with Crippen LogP contribution >= 0.6 is 0 Å². The van der Waals surface area contributed by atoms with Gasteiger partial charge in [-0.1, -0.05) is 12.5 Å². The minimum absolute atomic E-state index is 0.0345. The summed E-state index contributed by atoms with van der Waals surface area (Å²) in [6.45, 7) is 2.99. The molecule has 1 fully saturated rings. The molecule has 0 bridgehead atoms. The minimum Gasteiger partial charge on any atom is -0.351 e. The van der Waals surface area contributed by atoms with E-state index in [0.717, 1.165) is 30.5 Å². The maximum absolute atomic E-state index is 12.3. The predicted octanol–water partition coefficient (Wildman–Crippen LogP) is 1.58. The number of amides is 1. The number of aryl methyl sites for hydroxylation is 1. The molecule has 0 aromatic carbocycles. The molecule has 3 rings (SSSR count). The van der Waals surface area contributed by atoms with E-state index < -0.39 is 10.0 Å². The number of hydrogen-bond donors (Lipinski definition) is 1. The van der Waals surface area contributed by atoms with Gasteiger partial charge in [0.15, 0.2) is 0 Å². The molecular formula is C17H24N4O3S. The molecular weight excluding hydrogens is 340 g/mol. The number of carbonyl (C=O) groups is 1. The van der Waals surface area contributed by atoms with Gasteiger partial charge in [-0.25, -0.2) is 13.4 Å². The van der Waals surface area contributed by atoms with Gasteiger partial charge in [0.1, 0.15) is 11.3 Å². The minimum atomic E-state index is -3.19. The molecule has 1 saturated heterocycles. The molecule has 1 aliphatic heterocycles. The van der Waals surface area contributed by atoms with Crippen LogP contribution in [0.5, 0.6) is 0 Å². The Bertz CT molecular complexity index is 875. The maximum atomic E-state index is 12.3. The number of pyridine rings is 1. The smallest absolute Gasteiger partial charge is 0.271 e. The van der Waals surface area contributed by atoms with Crippen molar-refractivity contribution in [3.63, 3.8) is 0 Å². The van der Waals surface area contributed by atoms with Gasteiger partial charge in [0.05, 0.1) is 6.26 Å². The largest absolute Gasteiger partial charge is 0.351 e. The van der Waals surface area contributed by atoms with Crippen molar-refractivity contribution in [1.82, 2.24) is 19.0 Å². The normalized spacial score (nSPS) is 19.2. The average Bonchev–Trinajstić information content (AvgIpc) is 2.97. The van der Waals surface area contributed by atoms with Crippen molar-refractivity contribution < 1.29 is 13.2 Å². The molecule has 2 aromatic rings. The summed E-state index contributed by atoms with van der Waals surface area (Å²) in [5.41, 5.74) is 2.19. The Labute approximate surface area is 148 Å². The summed E-state index contributed by atoms with van der Waals surface area (Å²) in [7, 11) is -3.19. The lowest BCUT2D eigenvalue weighted by Crippen LogP contribution is -2.44. The molecule has 1 atom stereocenters. The number of hydrogen-bond acceptors (Lipinski definition) is 4. The summed E-state index contributed by atoms with van der Waals surface area (Å²) in [5, 5.41) is 2.86. The summed E-state index contributed by atoms with van der Waals surface area (Å²) in [6, 6.07) is 3.79. The number of rotatable bonds is 5. The Balaban J connectivity index is 1.59. The number of nitrogens with one attached hydrogen (secondary N) is 1. The Morgan fingerprint density at radius 1 is 1.32 bits per heavy atom. The number of nitrogens with zero attached hydrogens (tertiary/aromatic N) is 3. The fraction of sp³-hybridized carbons (Fsp3) is 0.529. The third kappa shape index (κ3) is 4.19. The number of carbonyl (C=O) groups excluding carboxylic acids is 1. The van der Waals surface area contributed by atoms with Crippen LogP contribution in [0.3, 0.4) is 0 Å². The van der Waals surface area contributed by atoms with Crippen LogP contribution in [0.4, 0.5) is 0 Å². The summed E-state index contributed by atoms with van der Waals surface area (Å²) < 4.78 is 27.1. The number of fused-ring (bicyclic) bond motifs is 1. The van der Waals surface area contributed by atoms with Crippen molar-refractivity contribution in [3.8, 4) is 0 Å². The van der Waals surface area contributed by atoms with Crippen LogP contribution < -0.4 is 5.32 Å². The van der Waals surface area contributed by atoms with Crippen molar-refractivity contribution in [1.29, 1.82) is 0 Å². The summed E-state index contributed by atoms with van der Waals surface area (Å²) >= 11 is 0. The van der Waals surface area contributed by atoms with Gasteiger partial charge in [-0.05, 0) is 37.8 Å². The fourth-order valence-electron chi connectivity index (χ4n) is 3.35. The van der Waals surface area contributed by atoms with E-state index in [9.17, 15) is 13.2 Å². The first-order valence-corrected chi connectivity index (χ1v) is 10.4. The van der Waals surface area contributed by atoms with E-state index in [1.807, 2.05) is 29.7 Å². The summed E-state index contributed by atoms with van der Waals surface area (Å²) in [6.07, 6.45) is 8.27. The molecule has 3 heterocycles. The highest BCUT2D eigenvalue weighted by atomic mass is 32.2. The van der Waals surface area contributed by atoms with Gasteiger partial charge in [0.2, 0.25) is 10.0 Å². The lowest BCUT2D eigenvalue weighted by molar-refractivity contribution is 0.0945. The van der Waals surface area contributed by atoms with E-state index in [4.69, 9.17) is 0 Å². The summed E-state index contributed by atoms with van der Waals surface area (Å²) in [5.74, 6) is -0.233. The van der Waals surface area contributed by atoms with Crippen molar-refractivity contribution in [2.75, 3.05) is 19.3 Å². The van der Waals surface area contributed by atoms with Gasteiger partial charge in [-0.2, -0.15) is 4.31 Å². The number of aromatic nitrogens is 2. The molecule has 1 aliphatic rings. The Morgan fingerprint density at radius 3 is 2.88 bits per heavy atom. The van der Waals surface area contributed by atoms with Crippen LogP contribution in [0.2, 0.25) is 0 Å². The fourth-order valence-corrected chi connectivity index (χ4v) is 4.57. The highest BCUT2D eigenvalue weighted by Gasteiger charge is 2.28. The molecule has 8 heteroatoms. The SMILES string of the molecule is Cc1ccc2nc(C(=O)NCC[C@H]3CCCCN3S(C)(=O)=O)cn2c1. The van der Waals surface area contributed by atoms with Crippen molar-refractivity contribution in [2.45, 2.75) is 38.6 Å². The van der Waals surface area contributed by atoms with Gasteiger partial charge < -0.3 is 9.72 Å². The van der Waals surface area contributed by atoms with Crippen LogP contribution in [-0.4, -0.2) is 53.4 Å². The molecule has 0 spiro atoms. The molecule has 1 amide bonds. The second kappa shape index (κ2) is 7.13. The second-order valence-electron chi connectivity index (χ2n) is 6.67. The molecule has 2 aromatic heterocycles. The first-order valence-electron chi connectivity index (χ1n) is 8.55. The zero-order chi connectivity index (χ0) is 18.0. The van der Waals surface area contributed by atoms with Gasteiger partial charge in [0, 0.05) is 31.5 Å². The maximum Gasteiger partial charge on any atom is 0.271 e. The van der Waals surface area contributed by atoms with Gasteiger partial charge >= 0.3 is 0 Å². The predicted molar refractivity (Wildman–Crippen MR) is 96.1 cm³/mol. The van der Waals surface area contributed by atoms with Crippen LogP contribution in [-0.2, 0) is 10.0 Å². The average molecular weight is 364 g/mol. The molecule has 136 valence electrons. The zero-order valence-electron chi connectivity index (χ0n) is 14.6. The standard InChI is InChI=1S/C17H24N4O3S/c1-13-6-7-16-19-15(12-20(16)11-13)17(22)18-9-8-14-5-3-4-10-21(14)25(2,23)24/h6-7,11-12,14H,3-5,8-10H2,1-2H3,(H,18,22)/t14-/m1/s1. The van der Waals surface area contributed by atoms with E-state index in [1.165, 1.54) is 6.26 Å². The van der Waals surface area contributed by atoms with Crippen LogP contribution in [0.1, 0.15) is 41.7 Å². The first kappa shape index (κ1) is 17.9. The molecule has 1 N–H and O–H groups in total. The Morgan fingerprint density at radius 2 is 2.12 bits per heavy atom. The topological polar surface area (TPSA) is 83.8 Å². The van der Waals surface area contributed by atoms with Crippen molar-refractivity contribution in [2.24, 2.45) is 0 Å². The van der Waals surface area contributed by atoms with E-state index in [1.54, 1.807) is 10.5 Å². The summed E-state index contributed by atoms with van der Waals surface area (Å²) in [4.78, 5) is 16.6. The second-order valence-corrected chi connectivity index (χ2v) is 8.60. The van der Waals surface area contributed by atoms with E-state index in [2.05, 4.69) is 10.3 Å².